The van der Waals surface area contributed by atoms with Crippen LogP contribution < -0.4 is 10.6 Å². The molecule has 3 aliphatic heterocycles. The van der Waals surface area contributed by atoms with Crippen LogP contribution in [0.5, 0.6) is 0 Å². The molecule has 3 aliphatic rings. The number of piperidine rings is 3. The summed E-state index contributed by atoms with van der Waals surface area (Å²) in [5, 5.41) is 7.30. The molecular weight excluding hydrogens is 370 g/mol. The highest BCUT2D eigenvalue weighted by Gasteiger charge is 2.39. The molecule has 1 aromatic carbocycles. The molecule has 0 radical (unpaired) electrons. The van der Waals surface area contributed by atoms with Crippen molar-refractivity contribution in [2.45, 2.75) is 25.8 Å². The van der Waals surface area contributed by atoms with E-state index in [0.29, 0.717) is 23.0 Å². The van der Waals surface area contributed by atoms with Crippen LogP contribution in [0.25, 0.3) is 0 Å². The maximum absolute atomic E-state index is 5.64. The fourth-order valence-electron chi connectivity index (χ4n) is 3.64. The number of nitrogens with zero attached hydrogens (tertiary/aromatic N) is 1. The van der Waals surface area contributed by atoms with Crippen LogP contribution in [0.4, 0.5) is 5.69 Å². The Labute approximate surface area is 152 Å². The highest BCUT2D eigenvalue weighted by Crippen LogP contribution is 2.35. The number of anilines is 1. The van der Waals surface area contributed by atoms with Gasteiger partial charge >= 0.3 is 0 Å². The first-order chi connectivity index (χ1) is 11.1. The van der Waals surface area contributed by atoms with Crippen LogP contribution in [0.1, 0.15) is 18.4 Å². The number of halogens is 1. The standard InChI is InChI=1S/C18H22BrN3S/c1-3-13-11-22-7-6-14(13)9-15(22)10-20-18(23)21-17-5-4-12(2)8-16(17)19/h1,4-5,8,13-15H,6-7,9-11H2,2H3,(H2,20,21,23)/t13-,14-,15+/m0/s1. The number of fused-ring (bicyclic) bond motifs is 3. The molecular formula is C18H22BrN3S. The normalized spacial score (nSPS) is 28.9. The molecule has 2 N–H and O–H groups in total. The maximum Gasteiger partial charge on any atom is 0.170 e. The molecule has 0 saturated carbocycles. The Bertz CT molecular complexity index is 640. The van der Waals surface area contributed by atoms with Crippen LogP contribution in [-0.4, -0.2) is 35.7 Å². The summed E-state index contributed by atoms with van der Waals surface area (Å²) in [7, 11) is 0. The smallest absolute Gasteiger partial charge is 0.170 e. The van der Waals surface area contributed by atoms with Gasteiger partial charge in [-0.2, -0.15) is 0 Å². The van der Waals surface area contributed by atoms with Gasteiger partial charge in [-0.05, 0) is 78.1 Å². The molecule has 3 fully saturated rings. The number of rotatable bonds is 3. The number of aryl methyl sites for hydroxylation is 1. The Morgan fingerprint density at radius 3 is 3.00 bits per heavy atom. The highest BCUT2D eigenvalue weighted by molar-refractivity contribution is 9.10. The topological polar surface area (TPSA) is 27.3 Å². The van der Waals surface area contributed by atoms with Crippen LogP contribution in [0, 0.1) is 31.1 Å². The van der Waals surface area contributed by atoms with E-state index in [-0.39, 0.29) is 0 Å². The van der Waals surface area contributed by atoms with Gasteiger partial charge < -0.3 is 10.6 Å². The molecule has 5 heteroatoms. The first-order valence-corrected chi connectivity index (χ1v) is 9.28. The number of hydrogen-bond donors (Lipinski definition) is 2. The van der Waals surface area contributed by atoms with Gasteiger partial charge in [-0.3, -0.25) is 4.90 Å². The maximum atomic E-state index is 5.64. The van der Waals surface area contributed by atoms with Crippen molar-refractivity contribution < 1.29 is 0 Å². The van der Waals surface area contributed by atoms with Gasteiger partial charge in [0.2, 0.25) is 0 Å². The molecule has 3 saturated heterocycles. The van der Waals surface area contributed by atoms with Crippen molar-refractivity contribution in [3.8, 4) is 12.3 Å². The molecule has 4 rings (SSSR count). The molecule has 3 heterocycles. The summed E-state index contributed by atoms with van der Waals surface area (Å²) in [6.45, 7) is 5.15. The summed E-state index contributed by atoms with van der Waals surface area (Å²) < 4.78 is 1.03. The lowest BCUT2D eigenvalue weighted by Crippen LogP contribution is -2.56. The Morgan fingerprint density at radius 2 is 2.35 bits per heavy atom. The summed E-state index contributed by atoms with van der Waals surface area (Å²) in [6.07, 6.45) is 8.06. The predicted octanol–water partition coefficient (Wildman–Crippen LogP) is 3.39. The number of hydrogen-bond acceptors (Lipinski definition) is 2. The molecule has 0 aliphatic carbocycles. The van der Waals surface area contributed by atoms with E-state index in [4.69, 9.17) is 18.6 Å². The summed E-state index contributed by atoms with van der Waals surface area (Å²) >= 11 is 9.00. The molecule has 0 aromatic heterocycles. The van der Waals surface area contributed by atoms with Crippen molar-refractivity contribution in [2.75, 3.05) is 25.0 Å². The van der Waals surface area contributed by atoms with Crippen molar-refractivity contribution in [1.29, 1.82) is 0 Å². The second-order valence-electron chi connectivity index (χ2n) is 6.52. The minimum atomic E-state index is 0.439. The van der Waals surface area contributed by atoms with Crippen LogP contribution in [0.15, 0.2) is 22.7 Å². The zero-order valence-corrected chi connectivity index (χ0v) is 15.7. The molecule has 0 amide bonds. The summed E-state index contributed by atoms with van der Waals surface area (Å²) in [6, 6.07) is 6.73. The van der Waals surface area contributed by atoms with E-state index in [1.807, 2.05) is 6.07 Å². The average Bonchev–Trinajstić information content (AvgIpc) is 2.56. The minimum Gasteiger partial charge on any atom is -0.361 e. The van der Waals surface area contributed by atoms with E-state index in [1.54, 1.807) is 0 Å². The minimum absolute atomic E-state index is 0.439. The fourth-order valence-corrected chi connectivity index (χ4v) is 4.42. The molecule has 0 spiro atoms. The molecule has 4 atom stereocenters. The molecule has 3 nitrogen and oxygen atoms in total. The molecule has 23 heavy (non-hydrogen) atoms. The van der Waals surface area contributed by atoms with E-state index >= 15 is 0 Å². The first-order valence-electron chi connectivity index (χ1n) is 8.08. The van der Waals surface area contributed by atoms with Gasteiger partial charge in [0, 0.05) is 29.5 Å². The van der Waals surface area contributed by atoms with Crippen molar-refractivity contribution in [3.05, 3.63) is 28.2 Å². The van der Waals surface area contributed by atoms with Gasteiger partial charge in [-0.15, -0.1) is 12.3 Å². The van der Waals surface area contributed by atoms with Crippen molar-refractivity contribution in [3.63, 3.8) is 0 Å². The van der Waals surface area contributed by atoms with Gasteiger partial charge in [0.25, 0.3) is 0 Å². The van der Waals surface area contributed by atoms with Gasteiger partial charge in [0.15, 0.2) is 5.11 Å². The molecule has 1 unspecified atom stereocenters. The molecule has 2 bridgehead atoms. The Balaban J connectivity index is 1.51. The number of nitrogens with one attached hydrogen (secondary N) is 2. The Morgan fingerprint density at radius 1 is 1.52 bits per heavy atom. The van der Waals surface area contributed by atoms with Gasteiger partial charge in [0.05, 0.1) is 5.69 Å². The van der Waals surface area contributed by atoms with E-state index in [9.17, 15) is 0 Å². The van der Waals surface area contributed by atoms with Crippen LogP contribution in [0.2, 0.25) is 0 Å². The predicted molar refractivity (Wildman–Crippen MR) is 104 cm³/mol. The lowest BCUT2D eigenvalue weighted by atomic mass is 9.76. The third kappa shape index (κ3) is 3.88. The summed E-state index contributed by atoms with van der Waals surface area (Å²) in [5.74, 6) is 4.08. The van der Waals surface area contributed by atoms with E-state index < -0.39 is 0 Å². The second-order valence-corrected chi connectivity index (χ2v) is 7.79. The second kappa shape index (κ2) is 7.21. The van der Waals surface area contributed by atoms with Crippen LogP contribution >= 0.6 is 28.1 Å². The van der Waals surface area contributed by atoms with E-state index in [1.165, 1.54) is 24.9 Å². The Kier molecular flexibility index (Phi) is 5.25. The monoisotopic (exact) mass is 391 g/mol. The van der Waals surface area contributed by atoms with Crippen LogP contribution in [-0.2, 0) is 0 Å². The third-order valence-corrected chi connectivity index (χ3v) is 5.87. The highest BCUT2D eigenvalue weighted by atomic mass is 79.9. The molecule has 122 valence electrons. The van der Waals surface area contributed by atoms with Crippen LogP contribution in [0.3, 0.4) is 0 Å². The Hall–Kier alpha value is -1.09. The lowest BCUT2D eigenvalue weighted by molar-refractivity contribution is 0.0248. The number of benzene rings is 1. The largest absolute Gasteiger partial charge is 0.361 e. The third-order valence-electron chi connectivity index (χ3n) is 4.96. The van der Waals surface area contributed by atoms with E-state index in [0.717, 1.165) is 23.2 Å². The number of terminal acetylenes is 1. The van der Waals surface area contributed by atoms with E-state index in [2.05, 4.69) is 56.4 Å². The average molecular weight is 392 g/mol. The SMILES string of the molecule is C#C[C@H]1CN2CC[C@H]1C[C@@H]2CNC(=S)Nc1ccc(C)cc1Br. The quantitative estimate of drug-likeness (QED) is 0.609. The van der Waals surface area contributed by atoms with Gasteiger partial charge in [-0.1, -0.05) is 6.07 Å². The zero-order valence-electron chi connectivity index (χ0n) is 13.3. The molecule has 1 aromatic rings. The summed E-state index contributed by atoms with van der Waals surface area (Å²) in [4.78, 5) is 2.52. The number of thiocarbonyl (C=S) groups is 1. The van der Waals surface area contributed by atoms with Crippen molar-refractivity contribution in [2.24, 2.45) is 11.8 Å². The van der Waals surface area contributed by atoms with Crippen molar-refractivity contribution in [1.82, 2.24) is 10.2 Å². The fraction of sp³-hybridized carbons (Fsp3) is 0.500. The zero-order chi connectivity index (χ0) is 16.4. The van der Waals surface area contributed by atoms with Gasteiger partial charge in [-0.25, -0.2) is 0 Å². The summed E-state index contributed by atoms with van der Waals surface area (Å²) in [5.41, 5.74) is 2.21. The first kappa shape index (κ1) is 16.8. The van der Waals surface area contributed by atoms with Gasteiger partial charge in [0.1, 0.15) is 0 Å². The lowest BCUT2D eigenvalue weighted by Gasteiger charge is -2.48. The van der Waals surface area contributed by atoms with Crippen molar-refractivity contribution >= 4 is 38.9 Å².